The molecule has 2 unspecified atom stereocenters. The van der Waals surface area contributed by atoms with Gasteiger partial charge in [-0.3, -0.25) is 10.1 Å². The first-order chi connectivity index (χ1) is 8.20. The molecule has 0 radical (unpaired) electrons. The highest BCUT2D eigenvalue weighted by atomic mass is 16.5. The van der Waals surface area contributed by atoms with Gasteiger partial charge in [0, 0.05) is 6.42 Å². The third-order valence-corrected chi connectivity index (χ3v) is 2.77. The zero-order valence-electron chi connectivity index (χ0n) is 9.67. The molecule has 0 spiro atoms. The van der Waals surface area contributed by atoms with Crippen LogP contribution in [-0.2, 0) is 4.79 Å². The number of nitrogens with zero attached hydrogens (tertiary/aromatic N) is 3. The Kier molecular flexibility index (Phi) is 3.70. The number of hydrogen-bond acceptors (Lipinski definition) is 6. The summed E-state index contributed by atoms with van der Waals surface area (Å²) in [6.45, 7) is 2.78. The Hall–Kier alpha value is -1.47. The van der Waals surface area contributed by atoms with Gasteiger partial charge in [0.15, 0.2) is 6.33 Å². The van der Waals surface area contributed by atoms with Crippen LogP contribution in [0.25, 0.3) is 0 Å². The Balaban J connectivity index is 2.23. The predicted molar refractivity (Wildman–Crippen MR) is 57.7 cm³/mol. The lowest BCUT2D eigenvalue weighted by atomic mass is 10.1. The van der Waals surface area contributed by atoms with Gasteiger partial charge in [0.05, 0.1) is 12.8 Å². The van der Waals surface area contributed by atoms with Gasteiger partial charge in [-0.2, -0.15) is 4.98 Å². The normalized spacial score (nSPS) is 21.1. The molecular weight excluding hydrogens is 224 g/mol. The standard InChI is InChI=1S/C10H16N4O3/c1-7(15)9(10-12-5-13-17-10)14-6-11-4-2-3-8(14)16/h5,7,9,11,15H,2-4,6H2,1H3. The quantitative estimate of drug-likeness (QED) is 0.751. The smallest absolute Gasteiger partial charge is 0.251 e. The summed E-state index contributed by atoms with van der Waals surface area (Å²) in [6.07, 6.45) is 1.76. The van der Waals surface area contributed by atoms with E-state index in [-0.39, 0.29) is 11.8 Å². The Labute approximate surface area is 98.8 Å². The Morgan fingerprint density at radius 2 is 2.47 bits per heavy atom. The molecule has 2 rings (SSSR count). The van der Waals surface area contributed by atoms with Crippen LogP contribution in [0.5, 0.6) is 0 Å². The number of amides is 1. The van der Waals surface area contributed by atoms with Crippen LogP contribution < -0.4 is 5.32 Å². The lowest BCUT2D eigenvalue weighted by molar-refractivity contribution is -0.136. The van der Waals surface area contributed by atoms with Crippen LogP contribution in [0, 0.1) is 0 Å². The summed E-state index contributed by atoms with van der Waals surface area (Å²) < 4.78 is 4.96. The van der Waals surface area contributed by atoms with E-state index in [1.54, 1.807) is 11.8 Å². The topological polar surface area (TPSA) is 91.5 Å². The minimum Gasteiger partial charge on any atom is -0.391 e. The van der Waals surface area contributed by atoms with Crippen LogP contribution >= 0.6 is 0 Å². The Morgan fingerprint density at radius 1 is 1.65 bits per heavy atom. The molecule has 2 N–H and O–H groups in total. The van der Waals surface area contributed by atoms with Crippen molar-refractivity contribution < 1.29 is 14.4 Å². The van der Waals surface area contributed by atoms with Gasteiger partial charge in [-0.05, 0) is 19.9 Å². The summed E-state index contributed by atoms with van der Waals surface area (Å²) >= 11 is 0. The van der Waals surface area contributed by atoms with Crippen LogP contribution in [0.3, 0.4) is 0 Å². The highest BCUT2D eigenvalue weighted by molar-refractivity contribution is 5.76. The van der Waals surface area contributed by atoms with Crippen molar-refractivity contribution in [2.45, 2.75) is 31.9 Å². The SMILES string of the molecule is CC(O)C(c1ncno1)N1CNCCCC1=O. The van der Waals surface area contributed by atoms with E-state index < -0.39 is 12.1 Å². The molecule has 1 fully saturated rings. The van der Waals surface area contributed by atoms with Crippen molar-refractivity contribution in [2.24, 2.45) is 0 Å². The molecule has 94 valence electrons. The minimum atomic E-state index is -0.765. The molecule has 1 aromatic rings. The van der Waals surface area contributed by atoms with Gasteiger partial charge in [-0.15, -0.1) is 0 Å². The summed E-state index contributed by atoms with van der Waals surface area (Å²) in [5, 5.41) is 16.4. The van der Waals surface area contributed by atoms with E-state index in [1.807, 2.05) is 0 Å². The zero-order chi connectivity index (χ0) is 12.3. The maximum atomic E-state index is 11.9. The fourth-order valence-corrected chi connectivity index (χ4v) is 1.96. The molecule has 1 saturated heterocycles. The third kappa shape index (κ3) is 2.62. The number of carbonyl (C=O) groups excluding carboxylic acids is 1. The van der Waals surface area contributed by atoms with Crippen molar-refractivity contribution in [1.82, 2.24) is 20.4 Å². The van der Waals surface area contributed by atoms with Gasteiger partial charge < -0.3 is 14.5 Å². The maximum Gasteiger partial charge on any atom is 0.251 e. The summed E-state index contributed by atoms with van der Waals surface area (Å²) in [7, 11) is 0. The largest absolute Gasteiger partial charge is 0.391 e. The Bertz CT molecular complexity index is 366. The van der Waals surface area contributed by atoms with Crippen LogP contribution in [0.1, 0.15) is 31.7 Å². The van der Waals surface area contributed by atoms with Gasteiger partial charge in [-0.25, -0.2) is 0 Å². The van der Waals surface area contributed by atoms with E-state index >= 15 is 0 Å². The average Bonchev–Trinajstić information content (AvgIpc) is 2.71. The fraction of sp³-hybridized carbons (Fsp3) is 0.700. The molecule has 1 aliphatic rings. The van der Waals surface area contributed by atoms with Crippen molar-refractivity contribution in [3.05, 3.63) is 12.2 Å². The van der Waals surface area contributed by atoms with Crippen molar-refractivity contribution in [3.8, 4) is 0 Å². The zero-order valence-corrected chi connectivity index (χ0v) is 9.67. The van der Waals surface area contributed by atoms with Crippen molar-refractivity contribution in [3.63, 3.8) is 0 Å². The summed E-state index contributed by atoms with van der Waals surface area (Å²) in [5.41, 5.74) is 0. The molecule has 17 heavy (non-hydrogen) atoms. The first kappa shape index (κ1) is 12.0. The average molecular weight is 240 g/mol. The summed E-state index contributed by atoms with van der Waals surface area (Å²) in [5.74, 6) is 0.246. The highest BCUT2D eigenvalue weighted by Crippen LogP contribution is 2.23. The monoisotopic (exact) mass is 240 g/mol. The van der Waals surface area contributed by atoms with E-state index in [0.29, 0.717) is 13.1 Å². The predicted octanol–water partition coefficient (Wildman–Crippen LogP) is -0.339. The van der Waals surface area contributed by atoms with Gasteiger partial charge >= 0.3 is 0 Å². The highest BCUT2D eigenvalue weighted by Gasteiger charge is 2.33. The molecular formula is C10H16N4O3. The van der Waals surface area contributed by atoms with Gasteiger partial charge in [0.25, 0.3) is 5.89 Å². The number of rotatable bonds is 3. The molecule has 1 aromatic heterocycles. The second kappa shape index (κ2) is 5.24. The number of aliphatic hydroxyl groups is 1. The second-order valence-corrected chi connectivity index (χ2v) is 4.09. The van der Waals surface area contributed by atoms with Crippen LogP contribution in [0.15, 0.2) is 10.9 Å². The maximum absolute atomic E-state index is 11.9. The lowest BCUT2D eigenvalue weighted by Gasteiger charge is -2.29. The molecule has 0 bridgehead atoms. The molecule has 0 aliphatic carbocycles. The molecule has 0 saturated carbocycles. The molecule has 7 nitrogen and oxygen atoms in total. The summed E-state index contributed by atoms with van der Waals surface area (Å²) in [4.78, 5) is 17.4. The minimum absolute atomic E-state index is 0.0147. The van der Waals surface area contributed by atoms with E-state index in [9.17, 15) is 9.90 Å². The van der Waals surface area contributed by atoms with E-state index in [0.717, 1.165) is 13.0 Å². The molecule has 2 heterocycles. The van der Waals surface area contributed by atoms with Gasteiger partial charge in [-0.1, -0.05) is 5.16 Å². The number of hydrogen-bond donors (Lipinski definition) is 2. The summed E-state index contributed by atoms with van der Waals surface area (Å²) in [6, 6.07) is -0.587. The van der Waals surface area contributed by atoms with Crippen LogP contribution in [0.2, 0.25) is 0 Å². The van der Waals surface area contributed by atoms with Crippen LogP contribution in [0.4, 0.5) is 0 Å². The van der Waals surface area contributed by atoms with Crippen molar-refractivity contribution in [2.75, 3.05) is 13.2 Å². The van der Waals surface area contributed by atoms with Crippen molar-refractivity contribution >= 4 is 5.91 Å². The first-order valence-corrected chi connectivity index (χ1v) is 5.65. The molecule has 0 aromatic carbocycles. The lowest BCUT2D eigenvalue weighted by Crippen LogP contribution is -2.43. The number of nitrogens with one attached hydrogen (secondary N) is 1. The van der Waals surface area contributed by atoms with E-state index in [2.05, 4.69) is 15.5 Å². The van der Waals surface area contributed by atoms with E-state index in [1.165, 1.54) is 6.33 Å². The molecule has 2 atom stereocenters. The number of aliphatic hydroxyl groups excluding tert-OH is 1. The van der Waals surface area contributed by atoms with Crippen molar-refractivity contribution in [1.29, 1.82) is 0 Å². The van der Waals surface area contributed by atoms with Crippen LogP contribution in [-0.4, -0.2) is 45.4 Å². The molecule has 7 heteroatoms. The second-order valence-electron chi connectivity index (χ2n) is 4.09. The fourth-order valence-electron chi connectivity index (χ4n) is 1.96. The number of aromatic nitrogens is 2. The molecule has 1 aliphatic heterocycles. The Morgan fingerprint density at radius 3 is 3.12 bits per heavy atom. The first-order valence-electron chi connectivity index (χ1n) is 5.65. The number of carbonyl (C=O) groups is 1. The molecule has 1 amide bonds. The van der Waals surface area contributed by atoms with E-state index in [4.69, 9.17) is 4.52 Å². The van der Waals surface area contributed by atoms with Gasteiger partial charge in [0.1, 0.15) is 6.04 Å². The van der Waals surface area contributed by atoms with Gasteiger partial charge in [0.2, 0.25) is 5.91 Å². The third-order valence-electron chi connectivity index (χ3n) is 2.77.